The Morgan fingerprint density at radius 3 is 2.38 bits per heavy atom. The minimum absolute atomic E-state index is 0.0988. The fourth-order valence-electron chi connectivity index (χ4n) is 3.03. The zero-order valence-corrected chi connectivity index (χ0v) is 17.7. The van der Waals surface area contributed by atoms with Crippen molar-refractivity contribution < 1.29 is 21.8 Å². The van der Waals surface area contributed by atoms with Crippen LogP contribution >= 0.6 is 0 Å². The minimum atomic E-state index is -4.07. The van der Waals surface area contributed by atoms with Crippen LogP contribution in [0.4, 0.5) is 4.39 Å². The Kier molecular flexibility index (Phi) is 5.98. The van der Waals surface area contributed by atoms with Crippen molar-refractivity contribution in [2.75, 3.05) is 0 Å². The number of hydrogen-bond acceptors (Lipinski definition) is 4. The molecule has 2 aromatic rings. The molecule has 0 N–H and O–H groups in total. The molecule has 5 nitrogen and oxygen atoms in total. The van der Waals surface area contributed by atoms with Crippen molar-refractivity contribution in [2.45, 2.75) is 57.5 Å². The number of halogens is 1. The van der Waals surface area contributed by atoms with Crippen molar-refractivity contribution in [3.05, 3.63) is 59.9 Å². The van der Waals surface area contributed by atoms with Crippen LogP contribution in [-0.2, 0) is 21.5 Å². The van der Waals surface area contributed by atoms with E-state index < -0.39 is 15.9 Å². The molecule has 0 aromatic heterocycles. The number of carbonyl (C=O) groups is 1. The third-order valence-corrected chi connectivity index (χ3v) is 5.81. The summed E-state index contributed by atoms with van der Waals surface area (Å²) in [6.07, 6.45) is 2.44. The predicted molar refractivity (Wildman–Crippen MR) is 108 cm³/mol. The van der Waals surface area contributed by atoms with Crippen molar-refractivity contribution in [1.29, 1.82) is 0 Å². The quantitative estimate of drug-likeness (QED) is 0.619. The summed E-state index contributed by atoms with van der Waals surface area (Å²) in [6.45, 7) is 6.51. The van der Waals surface area contributed by atoms with Gasteiger partial charge in [0, 0.05) is 19.0 Å². The summed E-state index contributed by atoms with van der Waals surface area (Å²) in [7, 11) is -4.07. The molecule has 7 heteroatoms. The highest BCUT2D eigenvalue weighted by molar-refractivity contribution is 7.87. The van der Waals surface area contributed by atoms with Gasteiger partial charge in [-0.1, -0.05) is 32.9 Å². The zero-order chi connectivity index (χ0) is 21.2. The van der Waals surface area contributed by atoms with Gasteiger partial charge < -0.3 is 9.08 Å². The first-order valence-electron chi connectivity index (χ1n) is 9.62. The summed E-state index contributed by atoms with van der Waals surface area (Å²) < 4.78 is 43.1. The molecule has 3 rings (SSSR count). The van der Waals surface area contributed by atoms with E-state index in [0.29, 0.717) is 13.0 Å². The molecule has 0 aliphatic heterocycles. The van der Waals surface area contributed by atoms with Gasteiger partial charge in [-0.05, 0) is 60.2 Å². The second-order valence-electron chi connectivity index (χ2n) is 8.63. The van der Waals surface area contributed by atoms with Crippen LogP contribution < -0.4 is 4.18 Å². The molecule has 0 bridgehead atoms. The maximum Gasteiger partial charge on any atom is 0.339 e. The van der Waals surface area contributed by atoms with Crippen molar-refractivity contribution in [3.8, 4) is 5.75 Å². The number of benzene rings is 2. The van der Waals surface area contributed by atoms with Crippen LogP contribution in [0.5, 0.6) is 5.75 Å². The SMILES string of the molecule is CC(C)(C)CC(=O)N(Cc1cccc(OS(=O)(=O)c2ccc(F)cc2)c1)C1CC1. The molecule has 1 aliphatic rings. The molecule has 1 amide bonds. The maximum atomic E-state index is 13.0. The Labute approximate surface area is 171 Å². The predicted octanol–water partition coefficient (Wildman–Crippen LogP) is 4.52. The van der Waals surface area contributed by atoms with Gasteiger partial charge in [-0.25, -0.2) is 4.39 Å². The average molecular weight is 420 g/mol. The molecule has 1 aliphatic carbocycles. The lowest BCUT2D eigenvalue weighted by Crippen LogP contribution is -2.34. The number of carbonyl (C=O) groups excluding carboxylic acids is 1. The van der Waals surface area contributed by atoms with E-state index in [9.17, 15) is 17.6 Å². The normalized spacial score (nSPS) is 14.5. The Morgan fingerprint density at radius 1 is 1.14 bits per heavy atom. The van der Waals surface area contributed by atoms with Gasteiger partial charge in [0.15, 0.2) is 0 Å². The lowest BCUT2D eigenvalue weighted by Gasteiger charge is -2.27. The molecule has 0 saturated heterocycles. The summed E-state index contributed by atoms with van der Waals surface area (Å²) in [5.41, 5.74) is 0.698. The van der Waals surface area contributed by atoms with Crippen molar-refractivity contribution in [2.24, 2.45) is 5.41 Å². The van der Waals surface area contributed by atoms with Gasteiger partial charge in [-0.2, -0.15) is 8.42 Å². The van der Waals surface area contributed by atoms with Gasteiger partial charge in [-0.3, -0.25) is 4.79 Å². The third-order valence-electron chi connectivity index (χ3n) is 4.55. The van der Waals surface area contributed by atoms with Gasteiger partial charge in [0.05, 0.1) is 0 Å². The van der Waals surface area contributed by atoms with Crippen molar-refractivity contribution >= 4 is 16.0 Å². The molecule has 0 heterocycles. The van der Waals surface area contributed by atoms with Crippen LogP contribution in [0.25, 0.3) is 0 Å². The second-order valence-corrected chi connectivity index (χ2v) is 10.2. The molecule has 0 unspecified atom stereocenters. The van der Waals surface area contributed by atoms with Crippen LogP contribution in [0.3, 0.4) is 0 Å². The van der Waals surface area contributed by atoms with Crippen LogP contribution in [0.15, 0.2) is 53.4 Å². The Bertz CT molecular complexity index is 977. The van der Waals surface area contributed by atoms with Gasteiger partial charge in [-0.15, -0.1) is 0 Å². The molecule has 29 heavy (non-hydrogen) atoms. The van der Waals surface area contributed by atoms with Crippen LogP contribution in [-0.4, -0.2) is 25.3 Å². The first-order chi connectivity index (χ1) is 13.5. The topological polar surface area (TPSA) is 63.7 Å². The molecule has 2 aromatic carbocycles. The second kappa shape index (κ2) is 8.14. The summed E-state index contributed by atoms with van der Waals surface area (Å²) in [6, 6.07) is 11.4. The molecule has 0 radical (unpaired) electrons. The Balaban J connectivity index is 1.74. The van der Waals surface area contributed by atoms with Gasteiger partial charge in [0.2, 0.25) is 5.91 Å². The summed E-state index contributed by atoms with van der Waals surface area (Å²) in [4.78, 5) is 14.5. The maximum absolute atomic E-state index is 13.0. The Hall–Kier alpha value is -2.41. The monoisotopic (exact) mass is 419 g/mol. The van der Waals surface area contributed by atoms with E-state index >= 15 is 0 Å². The first kappa shape index (κ1) is 21.3. The fourth-order valence-corrected chi connectivity index (χ4v) is 3.95. The fraction of sp³-hybridized carbons (Fsp3) is 0.409. The average Bonchev–Trinajstić information content (AvgIpc) is 3.43. The summed E-state index contributed by atoms with van der Waals surface area (Å²) in [5.74, 6) is -0.262. The van der Waals surface area contributed by atoms with E-state index in [-0.39, 0.29) is 28.0 Å². The highest BCUT2D eigenvalue weighted by Crippen LogP contribution is 2.32. The van der Waals surface area contributed by atoms with E-state index in [1.807, 2.05) is 31.7 Å². The van der Waals surface area contributed by atoms with Crippen LogP contribution in [0.1, 0.15) is 45.6 Å². The molecule has 156 valence electrons. The highest BCUT2D eigenvalue weighted by Gasteiger charge is 2.34. The number of hydrogen-bond donors (Lipinski definition) is 0. The largest absolute Gasteiger partial charge is 0.379 e. The lowest BCUT2D eigenvalue weighted by atomic mass is 9.91. The Morgan fingerprint density at radius 2 is 1.79 bits per heavy atom. The van der Waals surface area contributed by atoms with Gasteiger partial charge >= 0.3 is 10.1 Å². The molecule has 0 spiro atoms. The lowest BCUT2D eigenvalue weighted by molar-refractivity contribution is -0.134. The molecule has 0 atom stereocenters. The summed E-state index contributed by atoms with van der Waals surface area (Å²) in [5, 5.41) is 0. The first-order valence-corrected chi connectivity index (χ1v) is 11.0. The minimum Gasteiger partial charge on any atom is -0.379 e. The smallest absolute Gasteiger partial charge is 0.339 e. The molecule has 1 fully saturated rings. The molecule has 1 saturated carbocycles. The summed E-state index contributed by atoms with van der Waals surface area (Å²) >= 11 is 0. The van der Waals surface area contributed by atoms with E-state index in [2.05, 4.69) is 0 Å². The van der Waals surface area contributed by atoms with E-state index in [4.69, 9.17) is 4.18 Å². The van der Waals surface area contributed by atoms with Crippen LogP contribution in [0.2, 0.25) is 0 Å². The highest BCUT2D eigenvalue weighted by atomic mass is 32.2. The molecular formula is C22H26FNO4S. The van der Waals surface area contributed by atoms with Crippen molar-refractivity contribution in [1.82, 2.24) is 4.90 Å². The van der Waals surface area contributed by atoms with Crippen LogP contribution in [0, 0.1) is 11.2 Å². The number of nitrogens with zero attached hydrogens (tertiary/aromatic N) is 1. The van der Waals surface area contributed by atoms with Gasteiger partial charge in [0.1, 0.15) is 16.5 Å². The zero-order valence-electron chi connectivity index (χ0n) is 16.9. The van der Waals surface area contributed by atoms with E-state index in [0.717, 1.165) is 42.7 Å². The third kappa shape index (κ3) is 6.03. The van der Waals surface area contributed by atoms with E-state index in [1.165, 1.54) is 0 Å². The van der Waals surface area contributed by atoms with Gasteiger partial charge in [0.25, 0.3) is 0 Å². The number of rotatable bonds is 7. The van der Waals surface area contributed by atoms with Crippen molar-refractivity contribution in [3.63, 3.8) is 0 Å². The number of amides is 1. The molecular weight excluding hydrogens is 393 g/mol. The standard InChI is InChI=1S/C22H26FNO4S/c1-22(2,3)14-21(25)24(18-9-10-18)15-16-5-4-6-19(13-16)28-29(26,27)20-11-7-17(23)8-12-20/h4-8,11-13,18H,9-10,14-15H2,1-3H3. The van der Waals surface area contributed by atoms with E-state index in [1.54, 1.807) is 18.2 Å².